The Bertz CT molecular complexity index is 4270. The predicted molar refractivity (Wildman–Crippen MR) is 302 cm³/mol. The monoisotopic (exact) mass is 994 g/mol. The van der Waals surface area contributed by atoms with Crippen LogP contribution in [0.2, 0.25) is 0 Å². The summed E-state index contributed by atoms with van der Waals surface area (Å²) in [5, 5.41) is 0. The van der Waals surface area contributed by atoms with Gasteiger partial charge in [-0.1, -0.05) is 146 Å². The standard InChI is InChI=1S/C60H34N8S4/c1-5-17-35(18-6-1)55-61-56(36-19-7-2-8-20-36)64-59(63-55)39-29-31-43-47(33-39)71-53-49-52(70-45-27-15-13-25-41(45)67(43)49)54-50-51(53)69-46-28-16-14-26-42(46)68(50)44-32-30-40(34-48(44)72-54)60-65-57(37-21-9-3-10-22-37)62-58(66-60)38-23-11-4-12-24-38/h1-34H. The third-order valence-corrected chi connectivity index (χ3v) is 18.0. The highest BCUT2D eigenvalue weighted by atomic mass is 32.1. The number of nitrogens with zero attached hydrogens (tertiary/aromatic N) is 8. The predicted octanol–water partition coefficient (Wildman–Crippen LogP) is 16.9. The van der Waals surface area contributed by atoms with E-state index in [1.54, 1.807) is 0 Å². The SMILES string of the molecule is c1ccc(-c2nc(-c3ccccc3)nc(-c3ccc4c(c3)sc3c5sc6ccccc6n6c7ccc(-c8nc(-c9ccccc9)nc(-c9ccccc9)n8)cc7sc(c7sc8ccccc8n4c73)c56)n2)cc1. The van der Waals surface area contributed by atoms with Crippen molar-refractivity contribution in [3.8, 4) is 68.3 Å². The van der Waals surface area contributed by atoms with Crippen LogP contribution in [0.15, 0.2) is 206 Å². The molecule has 0 spiro atoms. The minimum absolute atomic E-state index is 0.630. The molecule has 6 aromatic heterocycles. The van der Waals surface area contributed by atoms with E-state index in [4.69, 9.17) is 29.9 Å². The number of hydrogen-bond donors (Lipinski definition) is 0. The molecule has 0 bridgehead atoms. The van der Waals surface area contributed by atoms with Crippen LogP contribution in [-0.2, 0) is 0 Å². The molecule has 0 saturated carbocycles. The van der Waals surface area contributed by atoms with Gasteiger partial charge in [-0.25, -0.2) is 29.9 Å². The second-order valence-corrected chi connectivity index (χ2v) is 21.7. The van der Waals surface area contributed by atoms with Gasteiger partial charge in [-0.05, 0) is 60.7 Å². The zero-order valence-corrected chi connectivity index (χ0v) is 41.1. The number of rotatable bonds is 6. The van der Waals surface area contributed by atoms with Crippen molar-refractivity contribution in [1.29, 1.82) is 0 Å². The lowest BCUT2D eigenvalue weighted by Gasteiger charge is -2.20. The van der Waals surface area contributed by atoms with Gasteiger partial charge in [0.25, 0.3) is 0 Å². The van der Waals surface area contributed by atoms with Gasteiger partial charge in [0.05, 0.1) is 70.7 Å². The molecular formula is C60H34N8S4. The lowest BCUT2D eigenvalue weighted by Crippen LogP contribution is -2.01. The summed E-state index contributed by atoms with van der Waals surface area (Å²) in [6, 6.07) is 71.7. The van der Waals surface area contributed by atoms with Crippen LogP contribution in [-0.4, -0.2) is 38.7 Å². The molecule has 15 aromatic rings. The molecule has 0 aliphatic rings. The van der Waals surface area contributed by atoms with Crippen LogP contribution in [0.4, 0.5) is 0 Å². The fourth-order valence-corrected chi connectivity index (χ4v) is 14.9. The summed E-state index contributed by atoms with van der Waals surface area (Å²) in [7, 11) is 0. The third-order valence-electron chi connectivity index (χ3n) is 13.1. The Hall–Kier alpha value is -8.52. The van der Waals surface area contributed by atoms with Crippen molar-refractivity contribution in [3.63, 3.8) is 0 Å². The first-order valence-electron chi connectivity index (χ1n) is 23.4. The van der Waals surface area contributed by atoms with Crippen molar-refractivity contribution in [2.45, 2.75) is 0 Å². The molecule has 0 radical (unpaired) electrons. The lowest BCUT2D eigenvalue weighted by molar-refractivity contribution is 1.07. The minimum Gasteiger partial charge on any atom is -0.305 e. The Labute approximate surface area is 426 Å². The summed E-state index contributed by atoms with van der Waals surface area (Å²) in [5.41, 5.74) is 12.6. The molecular weight excluding hydrogens is 961 g/mol. The van der Waals surface area contributed by atoms with Crippen LogP contribution < -0.4 is 0 Å². The van der Waals surface area contributed by atoms with E-state index in [-0.39, 0.29) is 0 Å². The van der Waals surface area contributed by atoms with Gasteiger partial charge >= 0.3 is 0 Å². The quantitative estimate of drug-likeness (QED) is 0.122. The van der Waals surface area contributed by atoms with Crippen LogP contribution >= 0.6 is 45.3 Å². The number of para-hydroxylation sites is 2. The Balaban J connectivity index is 1.01. The molecule has 6 heterocycles. The molecule has 8 nitrogen and oxygen atoms in total. The highest BCUT2D eigenvalue weighted by Gasteiger charge is 2.24. The molecule has 0 N–H and O–H groups in total. The van der Waals surface area contributed by atoms with E-state index >= 15 is 0 Å². The smallest absolute Gasteiger partial charge is 0.164 e. The Morgan fingerprint density at radius 1 is 0.236 bits per heavy atom. The van der Waals surface area contributed by atoms with Gasteiger partial charge in [0.1, 0.15) is 0 Å². The van der Waals surface area contributed by atoms with Crippen molar-refractivity contribution in [1.82, 2.24) is 38.7 Å². The Kier molecular flexibility index (Phi) is 9.48. The number of benzene rings is 9. The van der Waals surface area contributed by atoms with E-state index in [2.05, 4.69) is 142 Å². The molecule has 72 heavy (non-hydrogen) atoms. The lowest BCUT2D eigenvalue weighted by atomic mass is 10.1. The molecule has 0 unspecified atom stereocenters. The maximum atomic E-state index is 5.14. The third kappa shape index (κ3) is 6.68. The molecule has 15 rings (SSSR count). The molecule has 338 valence electrons. The van der Waals surface area contributed by atoms with Gasteiger partial charge < -0.3 is 8.80 Å². The van der Waals surface area contributed by atoms with E-state index in [9.17, 15) is 0 Å². The summed E-state index contributed by atoms with van der Waals surface area (Å²) in [4.78, 5) is 30.5. The second-order valence-electron chi connectivity index (χ2n) is 17.5. The van der Waals surface area contributed by atoms with Crippen LogP contribution in [0, 0.1) is 0 Å². The summed E-state index contributed by atoms with van der Waals surface area (Å²) in [6.45, 7) is 0. The second kappa shape index (κ2) is 16.5. The van der Waals surface area contributed by atoms with Gasteiger partial charge in [-0.15, -0.1) is 45.3 Å². The van der Waals surface area contributed by atoms with Crippen molar-refractivity contribution in [3.05, 3.63) is 206 Å². The average molecular weight is 995 g/mol. The molecule has 0 saturated heterocycles. The van der Waals surface area contributed by atoms with Gasteiger partial charge in [0.15, 0.2) is 34.9 Å². The molecule has 0 amide bonds. The molecule has 0 atom stereocenters. The van der Waals surface area contributed by atoms with Crippen LogP contribution in [0.1, 0.15) is 0 Å². The first-order valence-corrected chi connectivity index (χ1v) is 26.7. The number of aromatic nitrogens is 8. The van der Waals surface area contributed by atoms with E-state index in [0.717, 1.165) is 64.8 Å². The summed E-state index contributed by atoms with van der Waals surface area (Å²) < 4.78 is 14.6. The van der Waals surface area contributed by atoms with E-state index in [1.807, 2.05) is 118 Å². The van der Waals surface area contributed by atoms with Gasteiger partial charge in [0.2, 0.25) is 0 Å². The molecule has 0 aliphatic carbocycles. The van der Waals surface area contributed by atoms with Gasteiger partial charge in [-0.2, -0.15) is 0 Å². The van der Waals surface area contributed by atoms with Crippen LogP contribution in [0.5, 0.6) is 0 Å². The number of hydrogen-bond acceptors (Lipinski definition) is 10. The number of fused-ring (bicyclic) bond motifs is 10. The highest BCUT2D eigenvalue weighted by molar-refractivity contribution is 7.36. The zero-order valence-electron chi connectivity index (χ0n) is 37.8. The van der Waals surface area contributed by atoms with Crippen molar-refractivity contribution < 1.29 is 0 Å². The van der Waals surface area contributed by atoms with Crippen LogP contribution in [0.3, 0.4) is 0 Å². The molecule has 0 fully saturated rings. The van der Waals surface area contributed by atoms with Gasteiger partial charge in [-0.3, -0.25) is 0 Å². The first kappa shape index (κ1) is 41.3. The summed E-state index contributed by atoms with van der Waals surface area (Å²) in [5.74, 6) is 3.82. The van der Waals surface area contributed by atoms with E-state index < -0.39 is 0 Å². The maximum absolute atomic E-state index is 5.14. The van der Waals surface area contributed by atoms with E-state index in [0.29, 0.717) is 34.9 Å². The molecule has 0 aliphatic heterocycles. The van der Waals surface area contributed by atoms with E-state index in [1.165, 1.54) is 39.2 Å². The largest absolute Gasteiger partial charge is 0.305 e. The Morgan fingerprint density at radius 3 is 0.833 bits per heavy atom. The fourth-order valence-electron chi connectivity index (χ4n) is 9.77. The van der Waals surface area contributed by atoms with Crippen LogP contribution in [0.25, 0.3) is 139 Å². The average Bonchev–Trinajstić information content (AvgIpc) is 3.46. The molecule has 9 aromatic carbocycles. The van der Waals surface area contributed by atoms with Gasteiger partial charge in [0, 0.05) is 33.4 Å². The zero-order chi connectivity index (χ0) is 47.3. The van der Waals surface area contributed by atoms with Crippen molar-refractivity contribution >= 4 is 116 Å². The first-order chi connectivity index (χ1) is 35.7. The summed E-state index contributed by atoms with van der Waals surface area (Å²) in [6.07, 6.45) is 0. The summed E-state index contributed by atoms with van der Waals surface area (Å²) >= 11 is 7.42. The van der Waals surface area contributed by atoms with Crippen molar-refractivity contribution in [2.24, 2.45) is 0 Å². The normalized spacial score (nSPS) is 11.9. The molecule has 12 heteroatoms. The van der Waals surface area contributed by atoms with Crippen molar-refractivity contribution in [2.75, 3.05) is 0 Å². The highest BCUT2D eigenvalue weighted by Crippen LogP contribution is 2.50. The minimum atomic E-state index is 0.630. The maximum Gasteiger partial charge on any atom is 0.164 e. The Morgan fingerprint density at radius 2 is 0.500 bits per heavy atom. The fraction of sp³-hybridized carbons (Fsp3) is 0. The topological polar surface area (TPSA) is 86.2 Å².